The lowest BCUT2D eigenvalue weighted by Crippen LogP contribution is -2.43. The summed E-state index contributed by atoms with van der Waals surface area (Å²) in [6, 6.07) is 0. The van der Waals surface area contributed by atoms with Crippen LogP contribution in [0.25, 0.3) is 0 Å². The van der Waals surface area contributed by atoms with Crippen LogP contribution in [0.3, 0.4) is 0 Å². The van der Waals surface area contributed by atoms with Crippen LogP contribution >= 0.6 is 0 Å². The molecule has 11 nitrogen and oxygen atoms in total. The molecule has 0 fully saturated rings. The Hall–Kier alpha value is -2.19. The maximum Gasteiger partial charge on any atom is 0.314 e. The van der Waals surface area contributed by atoms with Crippen LogP contribution in [-0.4, -0.2) is 113 Å². The molecule has 0 aromatic carbocycles. The normalized spacial score (nSPS) is 35.7. The summed E-state index contributed by atoms with van der Waals surface area (Å²) in [5.41, 5.74) is 0.608. The molecule has 0 bridgehead atoms. The third-order valence-corrected chi connectivity index (χ3v) is 7.51. The topological polar surface area (TPSA) is 208 Å². The number of carbonyl (C=O) groups excluding carboxylic acids is 1. The average Bonchev–Trinajstić information content (AvgIpc) is 2.90. The lowest BCUT2D eigenvalue weighted by molar-refractivity contribution is -0.168. The minimum absolute atomic E-state index is 0.0165. The zero-order valence-corrected chi connectivity index (χ0v) is 26.0. The summed E-state index contributed by atoms with van der Waals surface area (Å²) in [5.74, 6) is -2.34. The molecule has 11 atom stereocenters. The van der Waals surface area contributed by atoms with Gasteiger partial charge in [0, 0.05) is 12.8 Å². The Morgan fingerprint density at radius 3 is 1.70 bits per heavy atom. The smallest absolute Gasteiger partial charge is 0.314 e. The van der Waals surface area contributed by atoms with Crippen molar-refractivity contribution in [3.63, 3.8) is 0 Å². The van der Waals surface area contributed by atoms with Crippen LogP contribution in [0.1, 0.15) is 72.1 Å². The molecule has 1 aliphatic heterocycles. The first-order valence-electron chi connectivity index (χ1n) is 15.4. The Labute approximate surface area is 260 Å². The summed E-state index contributed by atoms with van der Waals surface area (Å²) in [6.07, 6.45) is 2.82. The molecule has 0 aliphatic carbocycles. The van der Waals surface area contributed by atoms with Crippen LogP contribution in [0, 0.1) is 5.92 Å². The van der Waals surface area contributed by atoms with E-state index in [0.717, 1.165) is 0 Å². The molecule has 11 unspecified atom stereocenters. The third kappa shape index (κ3) is 16.2. The van der Waals surface area contributed by atoms with E-state index in [1.165, 1.54) is 13.0 Å². The maximum atomic E-state index is 13.0. The second-order valence-corrected chi connectivity index (χ2v) is 11.7. The van der Waals surface area contributed by atoms with Crippen molar-refractivity contribution >= 4 is 5.97 Å². The largest absolute Gasteiger partial charge is 0.459 e. The SMILES string of the molecule is CCCC(O)C1C(=O)OC(C)C(O)C=CC=CC=CC=CC=C(C)C(O)CC(O)CC(O)CC(O)CC(O)CC(O)CC1O. The van der Waals surface area contributed by atoms with Gasteiger partial charge in [0.05, 0.1) is 48.8 Å². The van der Waals surface area contributed by atoms with Crippen molar-refractivity contribution in [1.29, 1.82) is 0 Å². The maximum absolute atomic E-state index is 13.0. The number of aliphatic hydroxyl groups excluding tert-OH is 9. The van der Waals surface area contributed by atoms with E-state index in [0.29, 0.717) is 12.0 Å². The predicted molar refractivity (Wildman–Crippen MR) is 166 cm³/mol. The molecule has 0 saturated carbocycles. The fraction of sp³-hybridized carbons (Fsp3) is 0.667. The molecule has 0 radical (unpaired) electrons. The summed E-state index contributed by atoms with van der Waals surface area (Å²) in [6.45, 7) is 4.97. The van der Waals surface area contributed by atoms with Crippen LogP contribution < -0.4 is 0 Å². The van der Waals surface area contributed by atoms with Gasteiger partial charge in [0.25, 0.3) is 0 Å². The Bertz CT molecular complexity index is 959. The van der Waals surface area contributed by atoms with Crippen LogP contribution in [-0.2, 0) is 9.53 Å². The zero-order valence-electron chi connectivity index (χ0n) is 26.0. The minimum Gasteiger partial charge on any atom is -0.459 e. The number of rotatable bonds is 3. The molecule has 11 heteroatoms. The molecule has 1 aliphatic rings. The fourth-order valence-corrected chi connectivity index (χ4v) is 4.96. The number of ether oxygens (including phenoxy) is 1. The monoisotopic (exact) mass is 626 g/mol. The number of carbonyl (C=O) groups is 1. The molecule has 0 amide bonds. The van der Waals surface area contributed by atoms with E-state index < -0.39 is 72.9 Å². The van der Waals surface area contributed by atoms with Gasteiger partial charge in [0.2, 0.25) is 0 Å². The Morgan fingerprint density at radius 1 is 0.727 bits per heavy atom. The highest BCUT2D eigenvalue weighted by Gasteiger charge is 2.37. The Kier molecular flexibility index (Phi) is 19.5. The van der Waals surface area contributed by atoms with Gasteiger partial charge < -0.3 is 50.7 Å². The van der Waals surface area contributed by atoms with Gasteiger partial charge in [-0.2, -0.15) is 0 Å². The molecule has 9 N–H and O–H groups in total. The van der Waals surface area contributed by atoms with Gasteiger partial charge in [0.1, 0.15) is 18.1 Å². The van der Waals surface area contributed by atoms with Gasteiger partial charge in [-0.15, -0.1) is 0 Å². The highest BCUT2D eigenvalue weighted by Crippen LogP contribution is 2.23. The van der Waals surface area contributed by atoms with E-state index in [-0.39, 0.29) is 44.9 Å². The minimum atomic E-state index is -1.52. The average molecular weight is 627 g/mol. The summed E-state index contributed by atoms with van der Waals surface area (Å²) < 4.78 is 5.36. The van der Waals surface area contributed by atoms with Crippen LogP contribution in [0.5, 0.6) is 0 Å². The molecule has 252 valence electrons. The van der Waals surface area contributed by atoms with Gasteiger partial charge in [-0.05, 0) is 51.5 Å². The Morgan fingerprint density at radius 2 is 1.18 bits per heavy atom. The second kappa shape index (κ2) is 21.5. The predicted octanol–water partition coefficient (Wildman–Crippen LogP) is 1.11. The highest BCUT2D eigenvalue weighted by molar-refractivity contribution is 5.74. The number of aliphatic hydroxyl groups is 9. The highest BCUT2D eigenvalue weighted by atomic mass is 16.6. The molecule has 0 spiro atoms. The summed E-state index contributed by atoms with van der Waals surface area (Å²) in [7, 11) is 0. The van der Waals surface area contributed by atoms with Crippen molar-refractivity contribution in [2.75, 3.05) is 0 Å². The molecule has 0 aromatic heterocycles. The number of hydrogen-bond acceptors (Lipinski definition) is 11. The second-order valence-electron chi connectivity index (χ2n) is 11.7. The molecule has 0 aromatic rings. The van der Waals surface area contributed by atoms with Crippen molar-refractivity contribution in [2.45, 2.75) is 133 Å². The van der Waals surface area contributed by atoms with Crippen molar-refractivity contribution in [3.8, 4) is 0 Å². The van der Waals surface area contributed by atoms with Gasteiger partial charge in [-0.25, -0.2) is 0 Å². The fourth-order valence-electron chi connectivity index (χ4n) is 4.96. The van der Waals surface area contributed by atoms with Crippen molar-refractivity contribution in [3.05, 3.63) is 60.3 Å². The first-order valence-corrected chi connectivity index (χ1v) is 15.4. The van der Waals surface area contributed by atoms with Crippen LogP contribution in [0.2, 0.25) is 0 Å². The van der Waals surface area contributed by atoms with Crippen LogP contribution in [0.15, 0.2) is 60.3 Å². The molecular weight excluding hydrogens is 572 g/mol. The molecular formula is C33H54O11. The van der Waals surface area contributed by atoms with E-state index in [9.17, 15) is 50.8 Å². The first kappa shape index (κ1) is 39.8. The quantitative estimate of drug-likeness (QED) is 0.203. The summed E-state index contributed by atoms with van der Waals surface area (Å²) in [5, 5.41) is 94.1. The number of esters is 1. The third-order valence-electron chi connectivity index (χ3n) is 7.51. The Balaban J connectivity index is 3.12. The first-order chi connectivity index (χ1) is 20.7. The standard InChI is InChI=1S/C33H54O11/c1-4-12-29(40)32-31(42)20-27(38)18-25(36)16-23(34)15-24(35)17-26(37)19-30(41)21(2)13-10-8-6-5-7-9-11-14-28(39)22(3)44-33(32)43/h5-11,13-14,22-32,34-42H,4,12,15-20H2,1-3H3. The molecule has 44 heavy (non-hydrogen) atoms. The molecule has 0 saturated heterocycles. The van der Waals surface area contributed by atoms with E-state index >= 15 is 0 Å². The van der Waals surface area contributed by atoms with E-state index in [1.807, 2.05) is 0 Å². The van der Waals surface area contributed by atoms with Gasteiger partial charge >= 0.3 is 5.97 Å². The number of cyclic esters (lactones) is 1. The summed E-state index contributed by atoms with van der Waals surface area (Å²) in [4.78, 5) is 13.0. The van der Waals surface area contributed by atoms with E-state index in [2.05, 4.69) is 0 Å². The van der Waals surface area contributed by atoms with Gasteiger partial charge in [0.15, 0.2) is 0 Å². The molecule has 1 rings (SSSR count). The van der Waals surface area contributed by atoms with Crippen LogP contribution in [0.4, 0.5) is 0 Å². The zero-order chi connectivity index (χ0) is 33.2. The lowest BCUT2D eigenvalue weighted by Gasteiger charge is -2.29. The van der Waals surface area contributed by atoms with Gasteiger partial charge in [-0.1, -0.05) is 68.0 Å². The van der Waals surface area contributed by atoms with Crippen molar-refractivity contribution in [1.82, 2.24) is 0 Å². The van der Waals surface area contributed by atoms with E-state index in [4.69, 9.17) is 4.74 Å². The molecule has 1 heterocycles. The lowest BCUT2D eigenvalue weighted by atomic mass is 9.88. The number of allylic oxidation sites excluding steroid dienone is 8. The summed E-state index contributed by atoms with van der Waals surface area (Å²) >= 11 is 0. The van der Waals surface area contributed by atoms with Crippen molar-refractivity contribution < 1.29 is 55.5 Å². The van der Waals surface area contributed by atoms with Gasteiger partial charge in [-0.3, -0.25) is 4.79 Å². The number of hydrogen-bond donors (Lipinski definition) is 9. The van der Waals surface area contributed by atoms with Crippen molar-refractivity contribution in [2.24, 2.45) is 5.92 Å². The van der Waals surface area contributed by atoms with E-state index in [1.54, 1.807) is 62.5 Å².